The van der Waals surface area contributed by atoms with Gasteiger partial charge in [-0.3, -0.25) is 0 Å². The highest BCUT2D eigenvalue weighted by molar-refractivity contribution is 14.1. The Kier molecular flexibility index (Phi) is 9.83. The maximum absolute atomic E-state index is 6.11. The normalized spacial score (nSPS) is 14.9. The van der Waals surface area contributed by atoms with Gasteiger partial charge in [0.1, 0.15) is 12.4 Å². The number of aromatic nitrogens is 1. The summed E-state index contributed by atoms with van der Waals surface area (Å²) >= 11 is 4.50. The number of nitrogens with zero attached hydrogens (tertiary/aromatic N) is 1. The zero-order valence-electron chi connectivity index (χ0n) is 33.2. The minimum Gasteiger partial charge on any atom is -0.489 e. The van der Waals surface area contributed by atoms with Gasteiger partial charge >= 0.3 is 0 Å². The van der Waals surface area contributed by atoms with Crippen LogP contribution in [0.1, 0.15) is 45.0 Å². The number of rotatable bonds is 8. The molecule has 0 bridgehead atoms. The molecule has 3 heterocycles. The van der Waals surface area contributed by atoms with Gasteiger partial charge in [-0.1, -0.05) is 146 Å². The Morgan fingerprint density at radius 1 is 0.700 bits per heavy atom. The molecule has 2 aromatic heterocycles. The third-order valence-corrected chi connectivity index (χ3v) is 14.4. The van der Waals surface area contributed by atoms with Crippen molar-refractivity contribution in [2.75, 3.05) is 6.61 Å². The van der Waals surface area contributed by atoms with Crippen LogP contribution in [-0.2, 0) is 19.3 Å². The molecule has 0 amide bonds. The first-order chi connectivity index (χ1) is 29.7. The van der Waals surface area contributed by atoms with Crippen molar-refractivity contribution in [1.82, 2.24) is 4.57 Å². The highest BCUT2D eigenvalue weighted by atomic mass is 127. The van der Waals surface area contributed by atoms with Crippen molar-refractivity contribution >= 4 is 75.6 Å². The van der Waals surface area contributed by atoms with E-state index in [4.69, 9.17) is 4.74 Å². The lowest BCUT2D eigenvalue weighted by Gasteiger charge is -2.15. The Hall–Kier alpha value is -5.95. The smallest absolute Gasteiger partial charge is 0.123 e. The molecular weight excluding hydrogens is 862 g/mol. The average molecular weight is 904 g/mol. The molecule has 0 saturated heterocycles. The lowest BCUT2D eigenvalue weighted by atomic mass is 9.88. The fourth-order valence-electron chi connectivity index (χ4n) is 9.60. The van der Waals surface area contributed by atoms with Gasteiger partial charge in [-0.15, -0.1) is 11.3 Å². The molecule has 2 aliphatic rings. The molecule has 11 rings (SSSR count). The number of para-hydroxylation sites is 2. The van der Waals surface area contributed by atoms with Crippen molar-refractivity contribution < 1.29 is 4.74 Å². The molecule has 290 valence electrons. The standard InChI is InChI=1S/C56H42INOS/c57-55(36-49-46-20-8-11-26-53(46)60-54(49)34-38-16-13-33-59-52-25-10-4-17-39(52)29-27-38)58-50-23-9-7-21-47(50)56-41(22-12-24-51(56)58)40-30-32-45-43-19-6-5-18-42(43)44(48(45)35-40)31-28-37-14-2-1-3-15-37/h1-27,30,32,35-36,44H,28-29,31,33-34H2/b16-13?,38-27?,55-36+. The lowest BCUT2D eigenvalue weighted by Crippen LogP contribution is -1.99. The number of fused-ring (bicyclic) bond motifs is 8. The molecule has 0 N–H and O–H groups in total. The van der Waals surface area contributed by atoms with Crippen LogP contribution in [-0.4, -0.2) is 11.2 Å². The predicted molar refractivity (Wildman–Crippen MR) is 264 cm³/mol. The summed E-state index contributed by atoms with van der Waals surface area (Å²) in [5.41, 5.74) is 15.9. The Bertz CT molecular complexity index is 3180. The zero-order valence-corrected chi connectivity index (χ0v) is 36.1. The summed E-state index contributed by atoms with van der Waals surface area (Å²) in [5, 5.41) is 3.87. The van der Waals surface area contributed by atoms with Gasteiger partial charge in [-0.2, -0.15) is 0 Å². The molecule has 0 radical (unpaired) electrons. The molecule has 1 atom stereocenters. The van der Waals surface area contributed by atoms with Crippen molar-refractivity contribution in [2.45, 2.75) is 31.6 Å². The SMILES string of the molecule is I/C(=C\c1c(CC2=CCc3ccccc3OCC=C2)sc2ccccc12)n1c2ccccc2c2c(-c3ccc4c(c3)C(CCc3ccccc3)c3ccccc3-4)cccc21. The van der Waals surface area contributed by atoms with Gasteiger partial charge in [0.25, 0.3) is 0 Å². The van der Waals surface area contributed by atoms with E-state index in [1.807, 2.05) is 11.3 Å². The van der Waals surface area contributed by atoms with E-state index in [9.17, 15) is 0 Å². The molecule has 1 aliphatic heterocycles. The fourth-order valence-corrected chi connectivity index (χ4v) is 11.6. The van der Waals surface area contributed by atoms with Crippen LogP contribution in [0.2, 0.25) is 0 Å². The monoisotopic (exact) mass is 903 g/mol. The van der Waals surface area contributed by atoms with Gasteiger partial charge in [-0.25, -0.2) is 0 Å². The van der Waals surface area contributed by atoms with Gasteiger partial charge < -0.3 is 9.30 Å². The molecule has 1 unspecified atom stereocenters. The summed E-state index contributed by atoms with van der Waals surface area (Å²) in [5.74, 6) is 1.33. The largest absolute Gasteiger partial charge is 0.489 e. The first-order valence-electron chi connectivity index (χ1n) is 20.9. The van der Waals surface area contributed by atoms with E-state index < -0.39 is 0 Å². The van der Waals surface area contributed by atoms with E-state index in [0.717, 1.165) is 31.4 Å². The van der Waals surface area contributed by atoms with Crippen LogP contribution in [0, 0.1) is 0 Å². The van der Waals surface area contributed by atoms with E-state index in [0.29, 0.717) is 12.5 Å². The number of hydrogen-bond donors (Lipinski definition) is 0. The third kappa shape index (κ3) is 6.72. The highest BCUT2D eigenvalue weighted by Crippen LogP contribution is 2.49. The molecule has 0 fully saturated rings. The van der Waals surface area contributed by atoms with Crippen LogP contribution in [0.25, 0.3) is 63.9 Å². The average Bonchev–Trinajstić information content (AvgIpc) is 3.95. The topological polar surface area (TPSA) is 14.2 Å². The second-order valence-corrected chi connectivity index (χ2v) is 18.1. The molecule has 60 heavy (non-hydrogen) atoms. The Balaban J connectivity index is 1.01. The number of allylic oxidation sites excluding steroid dienone is 3. The summed E-state index contributed by atoms with van der Waals surface area (Å²) < 4.78 is 11.1. The first-order valence-corrected chi connectivity index (χ1v) is 22.8. The minimum atomic E-state index is 0.359. The van der Waals surface area contributed by atoms with E-state index in [-0.39, 0.29) is 0 Å². The van der Waals surface area contributed by atoms with Gasteiger partial charge in [0.05, 0.1) is 14.7 Å². The molecular formula is C56H42INOS. The van der Waals surface area contributed by atoms with Crippen LogP contribution in [0.3, 0.4) is 0 Å². The summed E-state index contributed by atoms with van der Waals surface area (Å²) in [4.78, 5) is 1.37. The van der Waals surface area contributed by atoms with E-state index in [1.54, 1.807) is 0 Å². The number of thiophene rings is 1. The predicted octanol–water partition coefficient (Wildman–Crippen LogP) is 15.5. The molecule has 2 nitrogen and oxygen atoms in total. The molecule has 0 spiro atoms. The second-order valence-electron chi connectivity index (χ2n) is 15.9. The summed E-state index contributed by atoms with van der Waals surface area (Å²) in [6.45, 7) is 0.565. The van der Waals surface area contributed by atoms with Crippen LogP contribution in [0.15, 0.2) is 188 Å². The van der Waals surface area contributed by atoms with Crippen molar-refractivity contribution in [3.8, 4) is 28.0 Å². The number of ether oxygens (including phenoxy) is 1. The third-order valence-electron chi connectivity index (χ3n) is 12.4. The molecule has 4 heteroatoms. The maximum atomic E-state index is 6.11. The number of hydrogen-bond acceptors (Lipinski definition) is 2. The van der Waals surface area contributed by atoms with Gasteiger partial charge in [0.15, 0.2) is 0 Å². The minimum absolute atomic E-state index is 0.359. The van der Waals surface area contributed by atoms with Crippen molar-refractivity contribution in [1.29, 1.82) is 0 Å². The lowest BCUT2D eigenvalue weighted by molar-refractivity contribution is 0.360. The molecule has 0 saturated carbocycles. The molecule has 7 aromatic carbocycles. The van der Waals surface area contributed by atoms with Crippen LogP contribution >= 0.6 is 33.9 Å². The summed E-state index contributed by atoms with van der Waals surface area (Å²) in [6.07, 6.45) is 13.1. The number of halogens is 1. The van der Waals surface area contributed by atoms with Crippen LogP contribution in [0.5, 0.6) is 5.75 Å². The van der Waals surface area contributed by atoms with E-state index >= 15 is 0 Å². The first kappa shape index (κ1) is 37.1. The quantitative estimate of drug-likeness (QED) is 0.139. The highest BCUT2D eigenvalue weighted by Gasteiger charge is 2.29. The van der Waals surface area contributed by atoms with Gasteiger partial charge in [0, 0.05) is 38.1 Å². The number of benzene rings is 7. The maximum Gasteiger partial charge on any atom is 0.123 e. The molecule has 9 aromatic rings. The van der Waals surface area contributed by atoms with Crippen molar-refractivity contribution in [3.63, 3.8) is 0 Å². The molecule has 1 aliphatic carbocycles. The number of aryl methyl sites for hydroxylation is 1. The van der Waals surface area contributed by atoms with E-state index in [1.165, 1.54) is 96.1 Å². The second kappa shape index (κ2) is 15.9. The van der Waals surface area contributed by atoms with Crippen molar-refractivity contribution in [2.24, 2.45) is 0 Å². The fraction of sp³-hybridized carbons (Fsp3) is 0.107. The Labute approximate surface area is 368 Å². The zero-order chi connectivity index (χ0) is 40.0. The van der Waals surface area contributed by atoms with Gasteiger partial charge in [-0.05, 0) is 140 Å². The van der Waals surface area contributed by atoms with Crippen LogP contribution < -0.4 is 4.74 Å². The van der Waals surface area contributed by atoms with Crippen LogP contribution in [0.4, 0.5) is 0 Å². The summed E-state index contributed by atoms with van der Waals surface area (Å²) in [6, 6.07) is 60.3. The Morgan fingerprint density at radius 3 is 2.38 bits per heavy atom. The Morgan fingerprint density at radius 2 is 1.45 bits per heavy atom. The van der Waals surface area contributed by atoms with E-state index in [2.05, 4.69) is 215 Å². The van der Waals surface area contributed by atoms with Crippen molar-refractivity contribution in [3.05, 3.63) is 220 Å². The van der Waals surface area contributed by atoms with Gasteiger partial charge in [0.2, 0.25) is 0 Å². The summed E-state index contributed by atoms with van der Waals surface area (Å²) in [7, 11) is 0.